The Kier molecular flexibility index (Phi) is 5.20. The minimum atomic E-state index is -0.474. The van der Waals surface area contributed by atoms with Crippen LogP contribution in [0.1, 0.15) is 52.5 Å². The van der Waals surface area contributed by atoms with Crippen molar-refractivity contribution in [2.45, 2.75) is 58.2 Å². The molecule has 1 atom stereocenters. The second-order valence-corrected chi connectivity index (χ2v) is 8.67. The van der Waals surface area contributed by atoms with Gasteiger partial charge in [0.25, 0.3) is 0 Å². The Balaban J connectivity index is 1.73. The zero-order valence-electron chi connectivity index (χ0n) is 15.9. The van der Waals surface area contributed by atoms with Crippen molar-refractivity contribution < 1.29 is 14.4 Å². The zero-order valence-corrected chi connectivity index (χ0v) is 16.7. The van der Waals surface area contributed by atoms with E-state index in [0.717, 1.165) is 30.5 Å². The van der Waals surface area contributed by atoms with Gasteiger partial charge in [0.05, 0.1) is 5.71 Å². The minimum Gasteiger partial charge on any atom is -0.444 e. The number of nitrogens with zero attached hydrogens (tertiary/aromatic N) is 2. The maximum absolute atomic E-state index is 12.3. The molecular weight excluding hydrogens is 352 g/mol. The number of benzene rings is 1. The smallest absolute Gasteiger partial charge is 0.410 e. The first-order valence-electron chi connectivity index (χ1n) is 9.15. The number of piperidine rings is 1. The molecule has 0 aromatic heterocycles. The fraction of sp³-hybridized carbons (Fsp3) is 0.600. The summed E-state index contributed by atoms with van der Waals surface area (Å²) in [4.78, 5) is 20.1. The Morgan fingerprint density at radius 1 is 1.27 bits per heavy atom. The molecule has 0 bridgehead atoms. The number of carbonyl (C=O) groups excluding carboxylic acids is 1. The third-order valence-corrected chi connectivity index (χ3v) is 5.27. The molecule has 3 rings (SSSR count). The third kappa shape index (κ3) is 3.98. The molecule has 1 unspecified atom stereocenters. The van der Waals surface area contributed by atoms with Crippen molar-refractivity contribution in [1.29, 1.82) is 0 Å². The normalized spacial score (nSPS) is 24.2. The second-order valence-electron chi connectivity index (χ2n) is 8.23. The van der Waals surface area contributed by atoms with E-state index in [-0.39, 0.29) is 12.0 Å². The van der Waals surface area contributed by atoms with Crippen LogP contribution in [-0.4, -0.2) is 35.4 Å². The largest absolute Gasteiger partial charge is 0.444 e. The predicted octanol–water partition coefficient (Wildman–Crippen LogP) is 4.98. The lowest BCUT2D eigenvalue weighted by atomic mass is 9.73. The molecule has 1 amide bonds. The van der Waals surface area contributed by atoms with Crippen LogP contribution >= 0.6 is 11.6 Å². The van der Waals surface area contributed by atoms with Gasteiger partial charge < -0.3 is 14.5 Å². The molecule has 2 heterocycles. The second kappa shape index (κ2) is 7.10. The first kappa shape index (κ1) is 19.0. The zero-order chi connectivity index (χ0) is 18.9. The monoisotopic (exact) mass is 378 g/mol. The number of oxime groups is 1. The summed E-state index contributed by atoms with van der Waals surface area (Å²) in [6.07, 6.45) is 2.23. The molecule has 2 aliphatic heterocycles. The fourth-order valence-corrected chi connectivity index (χ4v) is 3.93. The van der Waals surface area contributed by atoms with Crippen molar-refractivity contribution >= 4 is 23.4 Å². The molecule has 2 aliphatic rings. The van der Waals surface area contributed by atoms with E-state index in [0.29, 0.717) is 18.1 Å². The van der Waals surface area contributed by atoms with Gasteiger partial charge in [-0.1, -0.05) is 28.9 Å². The number of ether oxygens (including phenoxy) is 1. The molecule has 142 valence electrons. The van der Waals surface area contributed by atoms with E-state index < -0.39 is 11.2 Å². The number of hydrogen-bond acceptors (Lipinski definition) is 4. The lowest BCUT2D eigenvalue weighted by molar-refractivity contribution is -0.0871. The van der Waals surface area contributed by atoms with Crippen molar-refractivity contribution in [3.63, 3.8) is 0 Å². The molecule has 0 aliphatic carbocycles. The highest BCUT2D eigenvalue weighted by atomic mass is 35.5. The average molecular weight is 379 g/mol. The number of hydrogen-bond donors (Lipinski definition) is 0. The van der Waals surface area contributed by atoms with Gasteiger partial charge in [0.1, 0.15) is 5.60 Å². The van der Waals surface area contributed by atoms with Crippen LogP contribution in [0.2, 0.25) is 5.02 Å². The van der Waals surface area contributed by atoms with Crippen LogP contribution in [0.25, 0.3) is 0 Å². The Morgan fingerprint density at radius 3 is 2.38 bits per heavy atom. The van der Waals surface area contributed by atoms with Crippen LogP contribution in [0.5, 0.6) is 0 Å². The van der Waals surface area contributed by atoms with Gasteiger partial charge in [-0.2, -0.15) is 0 Å². The lowest BCUT2D eigenvalue weighted by Crippen LogP contribution is -2.46. The van der Waals surface area contributed by atoms with Crippen LogP contribution in [0.4, 0.5) is 4.79 Å². The Labute approximate surface area is 160 Å². The first-order chi connectivity index (χ1) is 12.2. The number of carbonyl (C=O) groups is 1. The summed E-state index contributed by atoms with van der Waals surface area (Å²) in [5, 5.41) is 4.95. The van der Waals surface area contributed by atoms with Gasteiger partial charge in [-0.05, 0) is 58.2 Å². The quantitative estimate of drug-likeness (QED) is 0.729. The third-order valence-electron chi connectivity index (χ3n) is 5.02. The molecule has 1 saturated heterocycles. The summed E-state index contributed by atoms with van der Waals surface area (Å²) in [7, 11) is 0. The SMILES string of the molecule is CC1=NOC(c2ccc(Cl)cc2)(C2CCN(C(=O)OC(C)(C)C)CC2)C1. The fourth-order valence-electron chi connectivity index (χ4n) is 3.80. The van der Waals surface area contributed by atoms with E-state index in [9.17, 15) is 4.79 Å². The van der Waals surface area contributed by atoms with E-state index in [1.54, 1.807) is 4.90 Å². The summed E-state index contributed by atoms with van der Waals surface area (Å²) < 4.78 is 5.50. The number of likely N-dealkylation sites (tertiary alicyclic amines) is 1. The summed E-state index contributed by atoms with van der Waals surface area (Å²) in [5.74, 6) is 0.281. The standard InChI is InChI=1S/C20H27ClN2O3/c1-14-13-20(26-22-14,15-5-7-17(21)8-6-15)16-9-11-23(12-10-16)18(24)25-19(2,3)4/h5-8,16H,9-13H2,1-4H3. The van der Waals surface area contributed by atoms with E-state index in [2.05, 4.69) is 5.16 Å². The first-order valence-corrected chi connectivity index (χ1v) is 9.53. The van der Waals surface area contributed by atoms with Gasteiger partial charge in [0, 0.05) is 30.5 Å². The van der Waals surface area contributed by atoms with Crippen molar-refractivity contribution in [3.05, 3.63) is 34.9 Å². The van der Waals surface area contributed by atoms with Gasteiger partial charge in [-0.15, -0.1) is 0 Å². The van der Waals surface area contributed by atoms with Gasteiger partial charge in [0.15, 0.2) is 5.60 Å². The molecule has 0 N–H and O–H groups in total. The Morgan fingerprint density at radius 2 is 1.88 bits per heavy atom. The van der Waals surface area contributed by atoms with Crippen LogP contribution < -0.4 is 0 Å². The van der Waals surface area contributed by atoms with Gasteiger partial charge >= 0.3 is 6.09 Å². The number of halogens is 1. The molecule has 1 aromatic carbocycles. The molecule has 6 heteroatoms. The van der Waals surface area contributed by atoms with Gasteiger partial charge in [-0.3, -0.25) is 0 Å². The highest BCUT2D eigenvalue weighted by molar-refractivity contribution is 6.30. The van der Waals surface area contributed by atoms with Crippen molar-refractivity contribution in [1.82, 2.24) is 4.90 Å². The van der Waals surface area contributed by atoms with Gasteiger partial charge in [-0.25, -0.2) is 4.79 Å². The molecule has 26 heavy (non-hydrogen) atoms. The van der Waals surface area contributed by atoms with E-state index in [4.69, 9.17) is 21.2 Å². The average Bonchev–Trinajstić information content (AvgIpc) is 2.97. The highest BCUT2D eigenvalue weighted by Gasteiger charge is 2.48. The Bertz CT molecular complexity index is 688. The van der Waals surface area contributed by atoms with Crippen molar-refractivity contribution in [2.24, 2.45) is 11.1 Å². The minimum absolute atomic E-state index is 0.240. The van der Waals surface area contributed by atoms with Crippen LogP contribution in [0.3, 0.4) is 0 Å². The maximum Gasteiger partial charge on any atom is 0.410 e. The topological polar surface area (TPSA) is 51.1 Å². The van der Waals surface area contributed by atoms with Crippen LogP contribution in [0, 0.1) is 5.92 Å². The summed E-state index contributed by atoms with van der Waals surface area (Å²) in [6.45, 7) is 8.99. The number of amides is 1. The molecule has 1 fully saturated rings. The molecule has 1 aromatic rings. The van der Waals surface area contributed by atoms with E-state index >= 15 is 0 Å². The summed E-state index contributed by atoms with van der Waals surface area (Å²) in [5.41, 5.74) is 1.15. The molecular formula is C20H27ClN2O3. The van der Waals surface area contributed by atoms with Crippen LogP contribution in [0.15, 0.2) is 29.4 Å². The van der Waals surface area contributed by atoms with Crippen molar-refractivity contribution in [2.75, 3.05) is 13.1 Å². The summed E-state index contributed by atoms with van der Waals surface area (Å²) in [6, 6.07) is 7.84. The Hall–Kier alpha value is -1.75. The molecule has 5 nitrogen and oxygen atoms in total. The predicted molar refractivity (Wildman–Crippen MR) is 102 cm³/mol. The maximum atomic E-state index is 12.3. The number of rotatable bonds is 2. The summed E-state index contributed by atoms with van der Waals surface area (Å²) >= 11 is 6.06. The van der Waals surface area contributed by atoms with Crippen LogP contribution in [-0.2, 0) is 15.2 Å². The van der Waals surface area contributed by atoms with E-state index in [1.807, 2.05) is 52.0 Å². The molecule has 0 radical (unpaired) electrons. The van der Waals surface area contributed by atoms with E-state index in [1.165, 1.54) is 0 Å². The lowest BCUT2D eigenvalue weighted by Gasteiger charge is -2.41. The highest BCUT2D eigenvalue weighted by Crippen LogP contribution is 2.46. The molecule has 0 saturated carbocycles. The molecule has 0 spiro atoms. The van der Waals surface area contributed by atoms with Crippen molar-refractivity contribution in [3.8, 4) is 0 Å². The van der Waals surface area contributed by atoms with Gasteiger partial charge in [0.2, 0.25) is 0 Å².